The predicted molar refractivity (Wildman–Crippen MR) is 69.8 cm³/mol. The van der Waals surface area contributed by atoms with E-state index in [1.54, 1.807) is 12.3 Å². The van der Waals surface area contributed by atoms with Gasteiger partial charge in [-0.15, -0.1) is 0 Å². The van der Waals surface area contributed by atoms with Crippen molar-refractivity contribution in [3.63, 3.8) is 0 Å². The highest BCUT2D eigenvalue weighted by molar-refractivity contribution is 14.1. The van der Waals surface area contributed by atoms with Crippen LogP contribution in [0.2, 0.25) is 0 Å². The molecule has 1 aromatic carbocycles. The molecule has 0 saturated carbocycles. The molecule has 0 aliphatic rings. The van der Waals surface area contributed by atoms with E-state index in [9.17, 15) is 4.39 Å². The molecule has 5 heteroatoms. The lowest BCUT2D eigenvalue weighted by Gasteiger charge is -2.07. The lowest BCUT2D eigenvalue weighted by Crippen LogP contribution is -2.01. The molecule has 2 aromatic rings. The van der Waals surface area contributed by atoms with Gasteiger partial charge in [-0.25, -0.2) is 4.39 Å². The summed E-state index contributed by atoms with van der Waals surface area (Å²) in [5.74, 6) is -0.213. The van der Waals surface area contributed by atoms with Crippen LogP contribution in [0.5, 0.6) is 0 Å². The Labute approximate surface area is 107 Å². The van der Waals surface area contributed by atoms with E-state index in [2.05, 4.69) is 38.1 Å². The van der Waals surface area contributed by atoms with Crippen LogP contribution in [0.3, 0.4) is 0 Å². The molecule has 0 atom stereocenters. The van der Waals surface area contributed by atoms with Gasteiger partial charge in [0.15, 0.2) is 0 Å². The average molecular weight is 331 g/mol. The number of aromatic nitrogens is 2. The summed E-state index contributed by atoms with van der Waals surface area (Å²) in [5.41, 5.74) is 3.09. The van der Waals surface area contributed by atoms with E-state index in [-0.39, 0.29) is 5.82 Å². The Morgan fingerprint density at radius 1 is 1.50 bits per heavy atom. The second-order valence-electron chi connectivity index (χ2n) is 3.50. The van der Waals surface area contributed by atoms with E-state index in [1.165, 1.54) is 12.1 Å². The van der Waals surface area contributed by atoms with Crippen molar-refractivity contribution in [2.45, 2.75) is 13.5 Å². The molecule has 0 saturated heterocycles. The fourth-order valence-electron chi connectivity index (χ4n) is 1.38. The highest BCUT2D eigenvalue weighted by atomic mass is 127. The van der Waals surface area contributed by atoms with Crippen molar-refractivity contribution in [2.24, 2.45) is 0 Å². The Hall–Kier alpha value is -1.11. The van der Waals surface area contributed by atoms with Gasteiger partial charge in [-0.05, 0) is 47.7 Å². The third kappa shape index (κ3) is 2.52. The van der Waals surface area contributed by atoms with Gasteiger partial charge in [-0.2, -0.15) is 5.10 Å². The molecule has 0 unspecified atom stereocenters. The molecule has 0 spiro atoms. The summed E-state index contributed by atoms with van der Waals surface area (Å²) in [7, 11) is 0. The second kappa shape index (κ2) is 4.82. The van der Waals surface area contributed by atoms with Gasteiger partial charge in [0.05, 0.1) is 6.20 Å². The van der Waals surface area contributed by atoms with Crippen LogP contribution in [0.4, 0.5) is 10.1 Å². The molecule has 0 amide bonds. The number of H-pyrrole nitrogens is 1. The average Bonchev–Trinajstić information content (AvgIpc) is 2.63. The number of nitrogens with zero attached hydrogens (tertiary/aromatic N) is 1. The minimum absolute atomic E-state index is 0.213. The van der Waals surface area contributed by atoms with Crippen molar-refractivity contribution >= 4 is 28.3 Å². The van der Waals surface area contributed by atoms with Crippen molar-refractivity contribution < 1.29 is 4.39 Å². The van der Waals surface area contributed by atoms with Crippen molar-refractivity contribution in [1.82, 2.24) is 10.2 Å². The van der Waals surface area contributed by atoms with Gasteiger partial charge >= 0.3 is 0 Å². The number of hydrogen-bond acceptors (Lipinski definition) is 2. The minimum Gasteiger partial charge on any atom is -0.380 e. The number of aromatic amines is 1. The van der Waals surface area contributed by atoms with Crippen molar-refractivity contribution in [2.75, 3.05) is 5.32 Å². The fourth-order valence-corrected chi connectivity index (χ4v) is 2.05. The van der Waals surface area contributed by atoms with Gasteiger partial charge in [-0.3, -0.25) is 5.10 Å². The maximum Gasteiger partial charge on any atom is 0.124 e. The third-order valence-electron chi connectivity index (χ3n) is 2.33. The van der Waals surface area contributed by atoms with Gasteiger partial charge < -0.3 is 5.32 Å². The van der Waals surface area contributed by atoms with Crippen LogP contribution >= 0.6 is 22.6 Å². The summed E-state index contributed by atoms with van der Waals surface area (Å²) in [5, 5.41) is 10.1. The first kappa shape index (κ1) is 11.4. The number of benzene rings is 1. The number of nitrogens with one attached hydrogen (secondary N) is 2. The van der Waals surface area contributed by atoms with Gasteiger partial charge in [0.2, 0.25) is 0 Å². The van der Waals surface area contributed by atoms with Gasteiger partial charge in [0, 0.05) is 27.1 Å². The second-order valence-corrected chi connectivity index (χ2v) is 4.66. The number of rotatable bonds is 3. The zero-order chi connectivity index (χ0) is 11.5. The highest BCUT2D eigenvalue weighted by Gasteiger charge is 2.03. The number of hydrogen-bond donors (Lipinski definition) is 2. The number of halogens is 2. The Morgan fingerprint density at radius 2 is 2.31 bits per heavy atom. The zero-order valence-corrected chi connectivity index (χ0v) is 10.9. The van der Waals surface area contributed by atoms with Crippen molar-refractivity contribution in [3.8, 4) is 0 Å². The van der Waals surface area contributed by atoms with Crippen LogP contribution in [0, 0.1) is 16.3 Å². The van der Waals surface area contributed by atoms with Crippen LogP contribution in [0.15, 0.2) is 24.4 Å². The van der Waals surface area contributed by atoms with Crippen LogP contribution in [0.1, 0.15) is 11.3 Å². The molecule has 0 fully saturated rings. The molecule has 2 N–H and O–H groups in total. The Bertz CT molecular complexity index is 496. The summed E-state index contributed by atoms with van der Waals surface area (Å²) in [6.45, 7) is 2.66. The largest absolute Gasteiger partial charge is 0.380 e. The summed E-state index contributed by atoms with van der Waals surface area (Å²) in [6.07, 6.45) is 1.79. The molecule has 84 valence electrons. The quantitative estimate of drug-likeness (QED) is 0.849. The molecule has 0 aliphatic heterocycles. The SMILES string of the molecule is Cc1[nH]ncc1CNc1ccc(F)cc1I. The molecular weight excluding hydrogens is 320 g/mol. The molecule has 1 aromatic heterocycles. The summed E-state index contributed by atoms with van der Waals surface area (Å²) in [4.78, 5) is 0. The van der Waals surface area contributed by atoms with Crippen LogP contribution in [-0.2, 0) is 6.54 Å². The van der Waals surface area contributed by atoms with E-state index in [0.29, 0.717) is 6.54 Å². The molecule has 2 rings (SSSR count). The fraction of sp³-hybridized carbons (Fsp3) is 0.182. The molecule has 0 aliphatic carbocycles. The predicted octanol–water partition coefficient (Wildman–Crippen LogP) is 3.07. The van der Waals surface area contributed by atoms with Crippen molar-refractivity contribution in [1.29, 1.82) is 0 Å². The lowest BCUT2D eigenvalue weighted by atomic mass is 10.2. The Balaban J connectivity index is 2.08. The number of aryl methyl sites for hydroxylation is 1. The van der Waals surface area contributed by atoms with Crippen LogP contribution in [-0.4, -0.2) is 10.2 Å². The Kier molecular flexibility index (Phi) is 3.42. The summed E-state index contributed by atoms with van der Waals surface area (Å²) >= 11 is 2.11. The van der Waals surface area contributed by atoms with E-state index >= 15 is 0 Å². The molecule has 0 bridgehead atoms. The maximum atomic E-state index is 12.9. The zero-order valence-electron chi connectivity index (χ0n) is 8.72. The topological polar surface area (TPSA) is 40.7 Å². The summed E-state index contributed by atoms with van der Waals surface area (Å²) < 4.78 is 13.8. The molecule has 1 heterocycles. The highest BCUT2D eigenvalue weighted by Crippen LogP contribution is 2.19. The monoisotopic (exact) mass is 331 g/mol. The first-order chi connectivity index (χ1) is 7.66. The van der Waals surface area contributed by atoms with Crippen LogP contribution in [0.25, 0.3) is 0 Å². The lowest BCUT2D eigenvalue weighted by molar-refractivity contribution is 0.627. The van der Waals surface area contributed by atoms with Gasteiger partial charge in [0.25, 0.3) is 0 Å². The van der Waals surface area contributed by atoms with E-state index in [4.69, 9.17) is 0 Å². The van der Waals surface area contributed by atoms with Gasteiger partial charge in [0.1, 0.15) is 5.82 Å². The molecule has 16 heavy (non-hydrogen) atoms. The third-order valence-corrected chi connectivity index (χ3v) is 3.23. The molecule has 3 nitrogen and oxygen atoms in total. The first-order valence-corrected chi connectivity index (χ1v) is 5.92. The van der Waals surface area contributed by atoms with Crippen LogP contribution < -0.4 is 5.32 Å². The smallest absolute Gasteiger partial charge is 0.124 e. The van der Waals surface area contributed by atoms with E-state index < -0.39 is 0 Å². The Morgan fingerprint density at radius 3 is 2.94 bits per heavy atom. The van der Waals surface area contributed by atoms with E-state index in [1.807, 2.05) is 6.92 Å². The minimum atomic E-state index is -0.213. The number of anilines is 1. The first-order valence-electron chi connectivity index (χ1n) is 4.84. The van der Waals surface area contributed by atoms with Gasteiger partial charge in [-0.1, -0.05) is 0 Å². The summed E-state index contributed by atoms with van der Waals surface area (Å²) in [6, 6.07) is 4.70. The maximum absolute atomic E-state index is 12.9. The molecule has 0 radical (unpaired) electrons. The van der Waals surface area contributed by atoms with E-state index in [0.717, 1.165) is 20.5 Å². The normalized spacial score (nSPS) is 10.4. The standard InChI is InChI=1S/C11H11FIN3/c1-7-8(6-15-16-7)5-14-11-3-2-9(12)4-10(11)13/h2-4,6,14H,5H2,1H3,(H,15,16). The molecular formula is C11H11FIN3. The van der Waals surface area contributed by atoms with Crippen molar-refractivity contribution in [3.05, 3.63) is 45.0 Å².